The smallest absolute Gasteiger partial charge is 0.272 e. The van der Waals surface area contributed by atoms with Crippen molar-refractivity contribution >= 4 is 34.7 Å². The summed E-state index contributed by atoms with van der Waals surface area (Å²) in [4.78, 5) is 35.9. The molecule has 1 aromatic heterocycles. The van der Waals surface area contributed by atoms with Crippen molar-refractivity contribution in [2.24, 2.45) is 0 Å². The molecule has 0 aliphatic rings. The van der Waals surface area contributed by atoms with Crippen molar-refractivity contribution in [1.29, 1.82) is 0 Å². The molecule has 0 bridgehead atoms. The Labute approximate surface area is 124 Å². The Hall–Kier alpha value is -2.67. The number of benzene rings is 1. The summed E-state index contributed by atoms with van der Waals surface area (Å²) in [6.07, 6.45) is 0. The van der Waals surface area contributed by atoms with Gasteiger partial charge in [-0.15, -0.1) is 0 Å². The van der Waals surface area contributed by atoms with Crippen LogP contribution in [0, 0.1) is 10.1 Å². The van der Waals surface area contributed by atoms with Crippen LogP contribution in [-0.4, -0.2) is 21.6 Å². The first-order chi connectivity index (χ1) is 9.88. The quantitative estimate of drug-likeness (QED) is 0.514. The van der Waals surface area contributed by atoms with Crippen LogP contribution in [0.25, 0.3) is 0 Å². The number of halogens is 1. The Balaban J connectivity index is 2.24. The first-order valence-corrected chi connectivity index (χ1v) is 6.21. The fraction of sp³-hybridized carbons (Fsp3) is 0.0769. The number of carbonyl (C=O) groups is 2. The molecule has 0 saturated carbocycles. The largest absolute Gasteiger partial charge is 0.348 e. The summed E-state index contributed by atoms with van der Waals surface area (Å²) < 4.78 is 0. The lowest BCUT2D eigenvalue weighted by Crippen LogP contribution is -2.13. The fourth-order valence-corrected chi connectivity index (χ4v) is 1.81. The van der Waals surface area contributed by atoms with Crippen LogP contribution in [0.3, 0.4) is 0 Å². The molecule has 1 aromatic carbocycles. The molecule has 0 saturated heterocycles. The Morgan fingerprint density at radius 1 is 1.24 bits per heavy atom. The SMILES string of the molecule is CC(=O)c1ccc(C(=O)Nc2cc([N+](=O)[O-])ccc2Cl)[nH]1. The average molecular weight is 308 g/mol. The van der Waals surface area contributed by atoms with E-state index in [0.29, 0.717) is 5.69 Å². The second kappa shape index (κ2) is 5.76. The van der Waals surface area contributed by atoms with Gasteiger partial charge < -0.3 is 10.3 Å². The van der Waals surface area contributed by atoms with Gasteiger partial charge in [0.05, 0.1) is 21.3 Å². The number of Topliss-reactive ketones (excluding diaryl/α,β-unsaturated/α-hetero) is 1. The number of hydrogen-bond donors (Lipinski definition) is 2. The van der Waals surface area contributed by atoms with Crippen LogP contribution in [-0.2, 0) is 0 Å². The number of nitrogens with one attached hydrogen (secondary N) is 2. The highest BCUT2D eigenvalue weighted by atomic mass is 35.5. The fourth-order valence-electron chi connectivity index (χ4n) is 1.65. The number of rotatable bonds is 4. The first kappa shape index (κ1) is 14.7. The van der Waals surface area contributed by atoms with Gasteiger partial charge in [-0.25, -0.2) is 0 Å². The molecule has 7 nitrogen and oxygen atoms in total. The van der Waals surface area contributed by atoms with Gasteiger partial charge in [-0.1, -0.05) is 11.6 Å². The number of anilines is 1. The minimum absolute atomic E-state index is 0.120. The van der Waals surface area contributed by atoms with E-state index in [-0.39, 0.29) is 27.9 Å². The lowest BCUT2D eigenvalue weighted by atomic mass is 10.2. The number of amides is 1. The molecule has 2 rings (SSSR count). The molecule has 0 fully saturated rings. The molecule has 2 N–H and O–H groups in total. The molecule has 21 heavy (non-hydrogen) atoms. The number of nitro groups is 1. The van der Waals surface area contributed by atoms with E-state index in [2.05, 4.69) is 10.3 Å². The second-order valence-corrected chi connectivity index (χ2v) is 4.62. The van der Waals surface area contributed by atoms with Crippen molar-refractivity contribution in [3.8, 4) is 0 Å². The molecule has 0 unspecified atom stereocenters. The summed E-state index contributed by atoms with van der Waals surface area (Å²) in [7, 11) is 0. The number of non-ortho nitro benzene ring substituents is 1. The molecule has 108 valence electrons. The molecule has 0 spiro atoms. The Morgan fingerprint density at radius 2 is 1.90 bits per heavy atom. The zero-order valence-corrected chi connectivity index (χ0v) is 11.6. The van der Waals surface area contributed by atoms with E-state index in [0.717, 1.165) is 6.07 Å². The van der Waals surface area contributed by atoms with Gasteiger partial charge in [0.1, 0.15) is 5.69 Å². The number of ketones is 1. The highest BCUT2D eigenvalue weighted by molar-refractivity contribution is 6.34. The maximum absolute atomic E-state index is 12.0. The predicted octanol–water partition coefficient (Wildman–Crippen LogP) is 3.03. The number of nitro benzene ring substituents is 1. The molecule has 1 heterocycles. The van der Waals surface area contributed by atoms with Crippen LogP contribution in [0.15, 0.2) is 30.3 Å². The third kappa shape index (κ3) is 3.26. The predicted molar refractivity (Wildman–Crippen MR) is 76.9 cm³/mol. The number of aromatic amines is 1. The maximum atomic E-state index is 12.0. The Kier molecular flexibility index (Phi) is 4.04. The van der Waals surface area contributed by atoms with Crippen LogP contribution < -0.4 is 5.32 Å². The van der Waals surface area contributed by atoms with E-state index >= 15 is 0 Å². The number of aromatic nitrogens is 1. The minimum atomic E-state index is -0.589. The summed E-state index contributed by atoms with van der Waals surface area (Å²) >= 11 is 5.89. The topological polar surface area (TPSA) is 105 Å². The lowest BCUT2D eigenvalue weighted by molar-refractivity contribution is -0.384. The lowest BCUT2D eigenvalue weighted by Gasteiger charge is -2.06. The maximum Gasteiger partial charge on any atom is 0.272 e. The second-order valence-electron chi connectivity index (χ2n) is 4.22. The Morgan fingerprint density at radius 3 is 2.48 bits per heavy atom. The van der Waals surface area contributed by atoms with Crippen molar-refractivity contribution in [3.63, 3.8) is 0 Å². The number of H-pyrrole nitrogens is 1. The number of hydrogen-bond acceptors (Lipinski definition) is 4. The van der Waals surface area contributed by atoms with E-state index < -0.39 is 10.8 Å². The third-order valence-corrected chi connectivity index (χ3v) is 3.05. The van der Waals surface area contributed by atoms with E-state index in [1.165, 1.54) is 31.2 Å². The summed E-state index contributed by atoms with van der Waals surface area (Å²) in [6.45, 7) is 1.37. The zero-order valence-electron chi connectivity index (χ0n) is 10.8. The normalized spacial score (nSPS) is 10.2. The van der Waals surface area contributed by atoms with Gasteiger partial charge in [0.15, 0.2) is 5.78 Å². The van der Waals surface area contributed by atoms with Crippen molar-refractivity contribution < 1.29 is 14.5 Å². The molecule has 0 atom stereocenters. The van der Waals surface area contributed by atoms with Crippen molar-refractivity contribution in [2.75, 3.05) is 5.32 Å². The monoisotopic (exact) mass is 307 g/mol. The van der Waals surface area contributed by atoms with E-state index in [1.54, 1.807) is 0 Å². The molecular weight excluding hydrogens is 298 g/mol. The van der Waals surface area contributed by atoms with Gasteiger partial charge in [0.25, 0.3) is 11.6 Å². The van der Waals surface area contributed by atoms with Crippen LogP contribution in [0.5, 0.6) is 0 Å². The van der Waals surface area contributed by atoms with Gasteiger partial charge in [-0.3, -0.25) is 19.7 Å². The minimum Gasteiger partial charge on any atom is -0.348 e. The Bertz CT molecular complexity index is 739. The first-order valence-electron chi connectivity index (χ1n) is 5.83. The van der Waals surface area contributed by atoms with E-state index in [9.17, 15) is 19.7 Å². The van der Waals surface area contributed by atoms with Crippen molar-refractivity contribution in [3.05, 3.63) is 56.9 Å². The average Bonchev–Trinajstić information content (AvgIpc) is 2.90. The standard InChI is InChI=1S/C13H10ClN3O4/c1-7(18)10-4-5-11(15-10)13(19)16-12-6-8(17(20)21)2-3-9(12)14/h2-6,15H,1H3,(H,16,19). The van der Waals surface area contributed by atoms with Gasteiger partial charge >= 0.3 is 0 Å². The van der Waals surface area contributed by atoms with Crippen LogP contribution in [0.4, 0.5) is 11.4 Å². The van der Waals surface area contributed by atoms with Crippen LogP contribution in [0.2, 0.25) is 5.02 Å². The van der Waals surface area contributed by atoms with Crippen LogP contribution in [0.1, 0.15) is 27.9 Å². The summed E-state index contributed by atoms with van der Waals surface area (Å²) in [5.41, 5.74) is 0.383. The van der Waals surface area contributed by atoms with Crippen LogP contribution >= 0.6 is 11.6 Å². The number of carbonyl (C=O) groups excluding carboxylic acids is 2. The van der Waals surface area contributed by atoms with Crippen molar-refractivity contribution in [2.45, 2.75) is 6.92 Å². The van der Waals surface area contributed by atoms with Gasteiger partial charge in [0.2, 0.25) is 0 Å². The summed E-state index contributed by atoms with van der Waals surface area (Å²) in [5, 5.41) is 13.3. The van der Waals surface area contributed by atoms with Gasteiger partial charge in [-0.05, 0) is 18.2 Å². The molecular formula is C13H10ClN3O4. The highest BCUT2D eigenvalue weighted by Gasteiger charge is 2.15. The molecule has 2 aromatic rings. The van der Waals surface area contributed by atoms with Gasteiger partial charge in [-0.2, -0.15) is 0 Å². The number of nitrogens with zero attached hydrogens (tertiary/aromatic N) is 1. The van der Waals surface area contributed by atoms with E-state index in [4.69, 9.17) is 11.6 Å². The van der Waals surface area contributed by atoms with Crippen molar-refractivity contribution in [1.82, 2.24) is 4.98 Å². The summed E-state index contributed by atoms with van der Waals surface area (Å²) in [6, 6.07) is 6.64. The van der Waals surface area contributed by atoms with Gasteiger partial charge in [0, 0.05) is 19.1 Å². The molecule has 0 radical (unpaired) electrons. The zero-order chi connectivity index (χ0) is 15.6. The molecule has 0 aliphatic heterocycles. The molecule has 0 aliphatic carbocycles. The highest BCUT2D eigenvalue weighted by Crippen LogP contribution is 2.27. The molecule has 8 heteroatoms. The third-order valence-electron chi connectivity index (χ3n) is 2.72. The summed E-state index contributed by atoms with van der Waals surface area (Å²) in [5.74, 6) is -0.757. The molecule has 1 amide bonds. The van der Waals surface area contributed by atoms with E-state index in [1.807, 2.05) is 0 Å².